The highest BCUT2D eigenvalue weighted by molar-refractivity contribution is 14.1. The summed E-state index contributed by atoms with van der Waals surface area (Å²) in [6.07, 6.45) is 3.03. The monoisotopic (exact) mass is 414 g/mol. The average Bonchev–Trinajstić information content (AvgIpc) is 2.87. The molecule has 3 nitrogen and oxygen atoms in total. The second-order valence-electron chi connectivity index (χ2n) is 5.03. The first kappa shape index (κ1) is 16.4. The van der Waals surface area contributed by atoms with E-state index in [-0.39, 0.29) is 5.91 Å². The summed E-state index contributed by atoms with van der Waals surface area (Å²) in [7, 11) is 0. The van der Waals surface area contributed by atoms with Gasteiger partial charge in [0, 0.05) is 21.2 Å². The summed E-state index contributed by atoms with van der Waals surface area (Å²) >= 11 is 3.95. The van der Waals surface area contributed by atoms with Crippen LogP contribution in [0.5, 0.6) is 0 Å². The van der Waals surface area contributed by atoms with Crippen molar-refractivity contribution in [1.82, 2.24) is 10.3 Å². The van der Waals surface area contributed by atoms with Crippen LogP contribution in [-0.2, 0) is 6.42 Å². The van der Waals surface area contributed by atoms with Crippen LogP contribution in [0.2, 0.25) is 0 Å². The third kappa shape index (κ3) is 4.78. The van der Waals surface area contributed by atoms with Crippen molar-refractivity contribution in [2.75, 3.05) is 6.54 Å². The molecule has 0 atom stereocenters. The zero-order chi connectivity index (χ0) is 15.2. The number of thiazole rings is 1. The van der Waals surface area contributed by atoms with Crippen molar-refractivity contribution in [3.05, 3.63) is 49.0 Å². The third-order valence-electron chi connectivity index (χ3n) is 3.21. The summed E-state index contributed by atoms with van der Waals surface area (Å²) in [5.74, 6) is 0.0215. The number of carbonyl (C=O) groups excluding carboxylic acids is 1. The molecule has 1 N–H and O–H groups in total. The number of hydrogen-bond acceptors (Lipinski definition) is 3. The highest BCUT2D eigenvalue weighted by Crippen LogP contribution is 2.16. The molecule has 1 aromatic heterocycles. The van der Waals surface area contributed by atoms with Gasteiger partial charge in [0.2, 0.25) is 0 Å². The van der Waals surface area contributed by atoms with E-state index in [0.717, 1.165) is 39.7 Å². The van der Waals surface area contributed by atoms with Crippen molar-refractivity contribution in [1.29, 1.82) is 0 Å². The van der Waals surface area contributed by atoms with Gasteiger partial charge in [-0.3, -0.25) is 4.79 Å². The van der Waals surface area contributed by atoms with E-state index >= 15 is 0 Å². The fourth-order valence-electron chi connectivity index (χ4n) is 2.04. The van der Waals surface area contributed by atoms with Crippen molar-refractivity contribution >= 4 is 39.8 Å². The Kier molecular flexibility index (Phi) is 6.17. The Morgan fingerprint density at radius 1 is 1.33 bits per heavy atom. The van der Waals surface area contributed by atoms with Crippen molar-refractivity contribution < 1.29 is 4.79 Å². The first-order chi connectivity index (χ1) is 10.1. The Balaban J connectivity index is 1.73. The Morgan fingerprint density at radius 3 is 2.86 bits per heavy atom. The second kappa shape index (κ2) is 7.89. The van der Waals surface area contributed by atoms with Gasteiger partial charge in [0.15, 0.2) is 0 Å². The van der Waals surface area contributed by atoms with Crippen LogP contribution in [0.3, 0.4) is 0 Å². The third-order valence-corrected chi connectivity index (χ3v) is 5.66. The van der Waals surface area contributed by atoms with E-state index < -0.39 is 0 Å². The topological polar surface area (TPSA) is 42.0 Å². The molecule has 0 fully saturated rings. The maximum absolute atomic E-state index is 12.1. The number of benzene rings is 1. The summed E-state index contributed by atoms with van der Waals surface area (Å²) in [4.78, 5) is 16.6. The fourth-order valence-corrected chi connectivity index (χ4v) is 3.46. The summed E-state index contributed by atoms with van der Waals surface area (Å²) in [5.41, 5.74) is 3.01. The van der Waals surface area contributed by atoms with Gasteiger partial charge in [0.1, 0.15) is 0 Å². The van der Waals surface area contributed by atoms with Crippen LogP contribution in [0, 0.1) is 17.4 Å². The number of nitrogens with one attached hydrogen (secondary N) is 1. The van der Waals surface area contributed by atoms with E-state index in [1.165, 1.54) is 5.01 Å². The number of halogens is 1. The zero-order valence-electron chi connectivity index (χ0n) is 12.3. The van der Waals surface area contributed by atoms with Gasteiger partial charge in [0.05, 0.1) is 10.6 Å². The van der Waals surface area contributed by atoms with Crippen molar-refractivity contribution in [3.8, 4) is 0 Å². The first-order valence-corrected chi connectivity index (χ1v) is 8.98. The Labute approximate surface area is 143 Å². The molecule has 1 aromatic carbocycles. The van der Waals surface area contributed by atoms with Crippen LogP contribution in [0.25, 0.3) is 0 Å². The van der Waals surface area contributed by atoms with Crippen LogP contribution in [-0.4, -0.2) is 17.4 Å². The molecule has 112 valence electrons. The Morgan fingerprint density at radius 2 is 2.14 bits per heavy atom. The number of rotatable bonds is 6. The Bertz CT molecular complexity index is 624. The fraction of sp³-hybridized carbons (Fsp3) is 0.375. The minimum atomic E-state index is 0.0215. The number of hydrogen-bond donors (Lipinski definition) is 1. The molecule has 0 bridgehead atoms. The van der Waals surface area contributed by atoms with E-state index in [4.69, 9.17) is 0 Å². The number of amides is 1. The lowest BCUT2D eigenvalue weighted by Crippen LogP contribution is -2.25. The van der Waals surface area contributed by atoms with E-state index in [0.29, 0.717) is 6.54 Å². The van der Waals surface area contributed by atoms with Gasteiger partial charge in [-0.15, -0.1) is 11.3 Å². The summed E-state index contributed by atoms with van der Waals surface area (Å²) in [6, 6.07) is 5.83. The predicted molar refractivity (Wildman–Crippen MR) is 96.0 cm³/mol. The minimum absolute atomic E-state index is 0.0215. The van der Waals surface area contributed by atoms with E-state index in [2.05, 4.69) is 38.3 Å². The molecule has 0 aliphatic heterocycles. The molecule has 2 rings (SSSR count). The number of carbonyl (C=O) groups is 1. The molecule has 0 aliphatic carbocycles. The lowest BCUT2D eigenvalue weighted by molar-refractivity contribution is 0.0952. The summed E-state index contributed by atoms with van der Waals surface area (Å²) in [5, 5.41) is 6.26. The zero-order valence-corrected chi connectivity index (χ0v) is 15.3. The van der Waals surface area contributed by atoms with E-state index in [9.17, 15) is 4.79 Å². The van der Waals surface area contributed by atoms with Gasteiger partial charge < -0.3 is 5.32 Å². The smallest absolute Gasteiger partial charge is 0.252 e. The van der Waals surface area contributed by atoms with Crippen molar-refractivity contribution in [2.24, 2.45) is 0 Å². The minimum Gasteiger partial charge on any atom is -0.352 e. The maximum atomic E-state index is 12.1. The van der Waals surface area contributed by atoms with E-state index in [1.54, 1.807) is 11.3 Å². The van der Waals surface area contributed by atoms with Crippen LogP contribution >= 0.6 is 33.9 Å². The van der Waals surface area contributed by atoms with Crippen LogP contribution < -0.4 is 5.32 Å². The maximum Gasteiger partial charge on any atom is 0.252 e. The molecule has 1 heterocycles. The van der Waals surface area contributed by atoms with Gasteiger partial charge in [-0.05, 0) is 67.3 Å². The van der Waals surface area contributed by atoms with E-state index in [1.807, 2.05) is 32.0 Å². The average molecular weight is 414 g/mol. The molecule has 0 radical (unpaired) electrons. The molecule has 0 unspecified atom stereocenters. The van der Waals surface area contributed by atoms with Gasteiger partial charge in [-0.2, -0.15) is 0 Å². The van der Waals surface area contributed by atoms with Gasteiger partial charge >= 0.3 is 0 Å². The van der Waals surface area contributed by atoms with Gasteiger partial charge in [-0.1, -0.05) is 12.1 Å². The van der Waals surface area contributed by atoms with Gasteiger partial charge in [-0.25, -0.2) is 4.98 Å². The number of aryl methyl sites for hydroxylation is 3. The van der Waals surface area contributed by atoms with Crippen LogP contribution in [0.1, 0.15) is 39.5 Å². The number of unbranched alkanes of at least 4 members (excludes halogenated alkanes) is 1. The number of nitrogens with zero attached hydrogens (tertiary/aromatic N) is 1. The molecule has 21 heavy (non-hydrogen) atoms. The highest BCUT2D eigenvalue weighted by Gasteiger charge is 2.10. The van der Waals surface area contributed by atoms with Crippen molar-refractivity contribution in [3.63, 3.8) is 0 Å². The van der Waals surface area contributed by atoms with Crippen LogP contribution in [0.15, 0.2) is 23.6 Å². The molecule has 5 heteroatoms. The normalized spacial score (nSPS) is 10.6. The standard InChI is InChI=1S/C16H19IN2OS/c1-11-6-5-7-13(15(11)17)16(20)18-9-4-3-8-14-19-12(2)10-21-14/h5-7,10H,3-4,8-9H2,1-2H3,(H,18,20). The largest absolute Gasteiger partial charge is 0.352 e. The summed E-state index contributed by atoms with van der Waals surface area (Å²) in [6.45, 7) is 4.76. The van der Waals surface area contributed by atoms with Gasteiger partial charge in [0.25, 0.3) is 5.91 Å². The SMILES string of the molecule is Cc1csc(CCCCNC(=O)c2cccc(C)c2I)n1. The molecule has 0 saturated carbocycles. The molecule has 0 spiro atoms. The second-order valence-corrected chi connectivity index (χ2v) is 7.05. The lowest BCUT2D eigenvalue weighted by atomic mass is 10.1. The van der Waals surface area contributed by atoms with Crippen LogP contribution in [0.4, 0.5) is 0 Å². The summed E-state index contributed by atoms with van der Waals surface area (Å²) < 4.78 is 1.03. The predicted octanol–water partition coefficient (Wildman–Crippen LogP) is 4.12. The molecule has 2 aromatic rings. The Hall–Kier alpha value is -0.950. The number of aromatic nitrogens is 1. The molecule has 0 saturated heterocycles. The molecule has 1 amide bonds. The molecular formula is C16H19IN2OS. The quantitative estimate of drug-likeness (QED) is 0.571. The molecule has 0 aliphatic rings. The van der Waals surface area contributed by atoms with Crippen molar-refractivity contribution in [2.45, 2.75) is 33.1 Å². The highest BCUT2D eigenvalue weighted by atomic mass is 127. The first-order valence-electron chi connectivity index (χ1n) is 7.02. The molecular weight excluding hydrogens is 395 g/mol. The lowest BCUT2D eigenvalue weighted by Gasteiger charge is -2.08.